The van der Waals surface area contributed by atoms with Crippen LogP contribution in [0.4, 0.5) is 4.39 Å². The van der Waals surface area contributed by atoms with Gasteiger partial charge < -0.3 is 5.73 Å². The van der Waals surface area contributed by atoms with Gasteiger partial charge in [0.15, 0.2) is 0 Å². The standard InChI is InChI=1S/C11H16FNS/c1-8-6-9(4-5-10(8)12)14-11(2,3)7-13/h4-6H,7,13H2,1-3H3. The van der Waals surface area contributed by atoms with E-state index in [1.54, 1.807) is 24.8 Å². The lowest BCUT2D eigenvalue weighted by molar-refractivity contribution is 0.617. The fourth-order valence-electron chi connectivity index (χ4n) is 1.04. The van der Waals surface area contributed by atoms with Crippen molar-refractivity contribution in [2.24, 2.45) is 5.73 Å². The zero-order valence-corrected chi connectivity index (χ0v) is 9.62. The van der Waals surface area contributed by atoms with E-state index in [1.165, 1.54) is 6.07 Å². The van der Waals surface area contributed by atoms with Crippen molar-refractivity contribution < 1.29 is 4.39 Å². The van der Waals surface area contributed by atoms with Crippen LogP contribution in [0.2, 0.25) is 0 Å². The van der Waals surface area contributed by atoms with Gasteiger partial charge in [0.1, 0.15) is 5.82 Å². The minimum atomic E-state index is -0.153. The minimum Gasteiger partial charge on any atom is -0.329 e. The van der Waals surface area contributed by atoms with Gasteiger partial charge in [-0.1, -0.05) is 0 Å². The molecule has 1 aromatic carbocycles. The van der Waals surface area contributed by atoms with Crippen molar-refractivity contribution in [1.29, 1.82) is 0 Å². The summed E-state index contributed by atoms with van der Waals surface area (Å²) in [5.41, 5.74) is 6.31. The fraction of sp³-hybridized carbons (Fsp3) is 0.455. The molecule has 0 atom stereocenters. The Morgan fingerprint density at radius 1 is 1.43 bits per heavy atom. The molecule has 0 aliphatic carbocycles. The lowest BCUT2D eigenvalue weighted by Gasteiger charge is -2.21. The SMILES string of the molecule is Cc1cc(SC(C)(C)CN)ccc1F. The van der Waals surface area contributed by atoms with Crippen LogP contribution in [0.3, 0.4) is 0 Å². The van der Waals surface area contributed by atoms with Crippen LogP contribution in [0.5, 0.6) is 0 Å². The lowest BCUT2D eigenvalue weighted by atomic mass is 10.2. The summed E-state index contributed by atoms with van der Waals surface area (Å²) in [7, 11) is 0. The Morgan fingerprint density at radius 3 is 2.57 bits per heavy atom. The summed E-state index contributed by atoms with van der Waals surface area (Å²) in [6.07, 6.45) is 0. The van der Waals surface area contributed by atoms with Crippen LogP contribution >= 0.6 is 11.8 Å². The van der Waals surface area contributed by atoms with Gasteiger partial charge in [-0.3, -0.25) is 0 Å². The van der Waals surface area contributed by atoms with Gasteiger partial charge in [0.05, 0.1) is 0 Å². The molecule has 0 aliphatic heterocycles. The highest BCUT2D eigenvalue weighted by Gasteiger charge is 2.17. The first-order valence-electron chi connectivity index (χ1n) is 4.60. The van der Waals surface area contributed by atoms with Gasteiger partial charge in [-0.2, -0.15) is 0 Å². The molecule has 0 radical (unpaired) electrons. The number of hydrogen-bond acceptors (Lipinski definition) is 2. The summed E-state index contributed by atoms with van der Waals surface area (Å²) in [4.78, 5) is 1.07. The van der Waals surface area contributed by atoms with Crippen molar-refractivity contribution in [2.45, 2.75) is 30.4 Å². The molecule has 2 N–H and O–H groups in total. The van der Waals surface area contributed by atoms with E-state index >= 15 is 0 Å². The number of hydrogen-bond donors (Lipinski definition) is 1. The first-order chi connectivity index (χ1) is 6.44. The van der Waals surface area contributed by atoms with Crippen LogP contribution in [0, 0.1) is 12.7 Å². The van der Waals surface area contributed by atoms with Crippen LogP contribution in [0.15, 0.2) is 23.1 Å². The fourth-order valence-corrected chi connectivity index (χ4v) is 2.13. The summed E-state index contributed by atoms with van der Waals surface area (Å²) in [6, 6.07) is 5.16. The molecule has 1 nitrogen and oxygen atoms in total. The Balaban J connectivity index is 2.83. The second-order valence-corrected chi connectivity index (χ2v) is 5.76. The van der Waals surface area contributed by atoms with Crippen molar-refractivity contribution in [2.75, 3.05) is 6.54 Å². The summed E-state index contributed by atoms with van der Waals surface area (Å²) >= 11 is 1.68. The highest BCUT2D eigenvalue weighted by molar-refractivity contribution is 8.00. The number of nitrogens with two attached hydrogens (primary N) is 1. The molecule has 0 amide bonds. The van der Waals surface area contributed by atoms with Crippen LogP contribution in [0.1, 0.15) is 19.4 Å². The summed E-state index contributed by atoms with van der Waals surface area (Å²) < 4.78 is 13.0. The molecular weight excluding hydrogens is 197 g/mol. The smallest absolute Gasteiger partial charge is 0.126 e. The molecule has 0 saturated carbocycles. The normalized spacial score (nSPS) is 11.8. The molecule has 0 heterocycles. The van der Waals surface area contributed by atoms with Crippen LogP contribution in [-0.2, 0) is 0 Å². The number of aryl methyl sites for hydroxylation is 1. The molecule has 0 fully saturated rings. The van der Waals surface area contributed by atoms with E-state index in [0.717, 1.165) is 4.90 Å². The summed E-state index contributed by atoms with van der Waals surface area (Å²) in [6.45, 7) is 6.54. The molecule has 0 spiro atoms. The Hall–Kier alpha value is -0.540. The first-order valence-corrected chi connectivity index (χ1v) is 5.41. The Labute approximate surface area is 88.9 Å². The second-order valence-electron chi connectivity index (χ2n) is 3.98. The highest BCUT2D eigenvalue weighted by Crippen LogP contribution is 2.32. The number of rotatable bonds is 3. The van der Waals surface area contributed by atoms with E-state index in [-0.39, 0.29) is 10.6 Å². The van der Waals surface area contributed by atoms with Gasteiger partial charge in [0, 0.05) is 16.2 Å². The molecule has 0 aromatic heterocycles. The molecule has 0 unspecified atom stereocenters. The van der Waals surface area contributed by atoms with Gasteiger partial charge in [-0.05, 0) is 44.5 Å². The van der Waals surface area contributed by atoms with Crippen molar-refractivity contribution in [3.8, 4) is 0 Å². The predicted octanol–water partition coefficient (Wildman–Crippen LogP) is 2.96. The zero-order chi connectivity index (χ0) is 10.8. The Kier molecular flexibility index (Phi) is 3.56. The molecule has 0 saturated heterocycles. The predicted molar refractivity (Wildman–Crippen MR) is 60.1 cm³/mol. The van der Waals surface area contributed by atoms with E-state index in [0.29, 0.717) is 12.1 Å². The lowest BCUT2D eigenvalue weighted by Crippen LogP contribution is -2.26. The van der Waals surface area contributed by atoms with Crippen molar-refractivity contribution in [1.82, 2.24) is 0 Å². The van der Waals surface area contributed by atoms with E-state index in [4.69, 9.17) is 5.73 Å². The maximum atomic E-state index is 13.0. The van der Waals surface area contributed by atoms with E-state index < -0.39 is 0 Å². The Morgan fingerprint density at radius 2 is 2.07 bits per heavy atom. The van der Waals surface area contributed by atoms with Gasteiger partial charge >= 0.3 is 0 Å². The zero-order valence-electron chi connectivity index (χ0n) is 8.80. The molecule has 1 aromatic rings. The van der Waals surface area contributed by atoms with Crippen molar-refractivity contribution in [3.63, 3.8) is 0 Å². The monoisotopic (exact) mass is 213 g/mol. The van der Waals surface area contributed by atoms with E-state index in [2.05, 4.69) is 13.8 Å². The third-order valence-corrected chi connectivity index (χ3v) is 3.22. The van der Waals surface area contributed by atoms with Crippen LogP contribution in [-0.4, -0.2) is 11.3 Å². The van der Waals surface area contributed by atoms with E-state index in [1.807, 2.05) is 6.07 Å². The highest BCUT2D eigenvalue weighted by atomic mass is 32.2. The maximum absolute atomic E-state index is 13.0. The third-order valence-electron chi connectivity index (χ3n) is 2.02. The molecule has 0 aliphatic rings. The van der Waals surface area contributed by atoms with Crippen molar-refractivity contribution in [3.05, 3.63) is 29.6 Å². The minimum absolute atomic E-state index is 0.00424. The summed E-state index contributed by atoms with van der Waals surface area (Å²) in [5.74, 6) is -0.153. The molecule has 1 rings (SSSR count). The topological polar surface area (TPSA) is 26.0 Å². The first kappa shape index (κ1) is 11.5. The molecule has 3 heteroatoms. The number of halogens is 1. The molecule has 78 valence electrons. The average molecular weight is 213 g/mol. The quantitative estimate of drug-likeness (QED) is 0.781. The molecule has 0 bridgehead atoms. The number of thioether (sulfide) groups is 1. The second kappa shape index (κ2) is 4.32. The van der Waals surface area contributed by atoms with Gasteiger partial charge in [-0.25, -0.2) is 4.39 Å². The molecular formula is C11H16FNS. The third kappa shape index (κ3) is 3.00. The van der Waals surface area contributed by atoms with Crippen LogP contribution in [0.25, 0.3) is 0 Å². The molecule has 14 heavy (non-hydrogen) atoms. The average Bonchev–Trinajstić information content (AvgIpc) is 2.11. The van der Waals surface area contributed by atoms with Gasteiger partial charge in [-0.15, -0.1) is 11.8 Å². The van der Waals surface area contributed by atoms with Crippen LogP contribution < -0.4 is 5.73 Å². The van der Waals surface area contributed by atoms with Crippen molar-refractivity contribution >= 4 is 11.8 Å². The van der Waals surface area contributed by atoms with Gasteiger partial charge in [0.2, 0.25) is 0 Å². The Bertz CT molecular complexity index is 323. The number of benzene rings is 1. The maximum Gasteiger partial charge on any atom is 0.126 e. The van der Waals surface area contributed by atoms with E-state index in [9.17, 15) is 4.39 Å². The largest absolute Gasteiger partial charge is 0.329 e. The summed E-state index contributed by atoms with van der Waals surface area (Å²) in [5, 5.41) is 0. The van der Waals surface area contributed by atoms with Gasteiger partial charge in [0.25, 0.3) is 0 Å².